The minimum atomic E-state index is -0.788. The number of rotatable bonds is 5. The molecule has 1 aromatic heterocycles. The van der Waals surface area contributed by atoms with E-state index in [0.29, 0.717) is 5.56 Å². The molecule has 0 radical (unpaired) electrons. The van der Waals surface area contributed by atoms with Crippen LogP contribution in [0.3, 0.4) is 0 Å². The SMILES string of the molecule is Cc1cc(=O)oc(C)c1C(=O)OCC(=O)c1ccc([N+](=O)[O-])cc1. The van der Waals surface area contributed by atoms with Crippen LogP contribution in [0.25, 0.3) is 0 Å². The summed E-state index contributed by atoms with van der Waals surface area (Å²) >= 11 is 0. The van der Waals surface area contributed by atoms with E-state index in [1.54, 1.807) is 6.92 Å². The van der Waals surface area contributed by atoms with Gasteiger partial charge in [0.2, 0.25) is 0 Å². The van der Waals surface area contributed by atoms with Crippen LogP contribution < -0.4 is 5.63 Å². The highest BCUT2D eigenvalue weighted by Crippen LogP contribution is 2.14. The molecule has 0 N–H and O–H groups in total. The number of Topliss-reactive ketones (excluding diaryl/α,β-unsaturated/α-hetero) is 1. The van der Waals surface area contributed by atoms with Crippen molar-refractivity contribution < 1.29 is 23.7 Å². The van der Waals surface area contributed by atoms with E-state index in [1.807, 2.05) is 0 Å². The topological polar surface area (TPSA) is 117 Å². The second kappa shape index (κ2) is 6.86. The number of aryl methyl sites for hydroxylation is 2. The van der Waals surface area contributed by atoms with Gasteiger partial charge in [-0.25, -0.2) is 9.59 Å². The lowest BCUT2D eigenvalue weighted by atomic mass is 10.1. The fraction of sp³-hybridized carbons (Fsp3) is 0.188. The molecule has 0 bridgehead atoms. The van der Waals surface area contributed by atoms with Crippen molar-refractivity contribution in [2.45, 2.75) is 13.8 Å². The summed E-state index contributed by atoms with van der Waals surface area (Å²) in [6.07, 6.45) is 0. The van der Waals surface area contributed by atoms with Crippen molar-refractivity contribution in [2.75, 3.05) is 6.61 Å². The van der Waals surface area contributed by atoms with Gasteiger partial charge in [-0.2, -0.15) is 0 Å². The highest BCUT2D eigenvalue weighted by Gasteiger charge is 2.18. The Balaban J connectivity index is 2.07. The summed E-state index contributed by atoms with van der Waals surface area (Å²) < 4.78 is 9.77. The molecule has 0 aliphatic heterocycles. The summed E-state index contributed by atoms with van der Waals surface area (Å²) in [6.45, 7) is 2.47. The monoisotopic (exact) mass is 331 g/mol. The Morgan fingerprint density at radius 2 is 1.83 bits per heavy atom. The molecule has 0 unspecified atom stereocenters. The van der Waals surface area contributed by atoms with Crippen molar-refractivity contribution >= 4 is 17.4 Å². The highest BCUT2D eigenvalue weighted by atomic mass is 16.6. The molecule has 0 fully saturated rings. The number of nitro groups is 1. The third-order valence-corrected chi connectivity index (χ3v) is 3.27. The highest BCUT2D eigenvalue weighted by molar-refractivity contribution is 5.99. The van der Waals surface area contributed by atoms with E-state index < -0.39 is 28.9 Å². The quantitative estimate of drug-likeness (QED) is 0.357. The minimum absolute atomic E-state index is 0.0890. The first-order chi connectivity index (χ1) is 11.3. The zero-order valence-electron chi connectivity index (χ0n) is 12.9. The Bertz CT molecular complexity index is 839. The first-order valence-corrected chi connectivity index (χ1v) is 6.85. The van der Waals surface area contributed by atoms with Gasteiger partial charge in [0.1, 0.15) is 11.3 Å². The Kier molecular flexibility index (Phi) is 4.88. The number of nitro benzene ring substituents is 1. The molecular weight excluding hydrogens is 318 g/mol. The summed E-state index contributed by atoms with van der Waals surface area (Å²) in [6, 6.07) is 6.10. The van der Waals surface area contributed by atoms with E-state index in [1.165, 1.54) is 31.2 Å². The smallest absolute Gasteiger partial charge is 0.342 e. The molecule has 1 heterocycles. The van der Waals surface area contributed by atoms with Crippen LogP contribution in [0.15, 0.2) is 39.5 Å². The number of esters is 1. The van der Waals surface area contributed by atoms with Crippen molar-refractivity contribution in [1.29, 1.82) is 0 Å². The number of non-ortho nitro benzene ring substituents is 1. The van der Waals surface area contributed by atoms with Gasteiger partial charge in [-0.3, -0.25) is 14.9 Å². The zero-order valence-corrected chi connectivity index (χ0v) is 12.9. The van der Waals surface area contributed by atoms with E-state index in [2.05, 4.69) is 0 Å². The fourth-order valence-corrected chi connectivity index (χ4v) is 2.12. The Hall–Kier alpha value is -3.29. The average Bonchev–Trinajstić information content (AvgIpc) is 2.51. The molecule has 24 heavy (non-hydrogen) atoms. The molecule has 0 spiro atoms. The number of carbonyl (C=O) groups excluding carboxylic acids is 2. The Morgan fingerprint density at radius 1 is 1.21 bits per heavy atom. The molecule has 8 nitrogen and oxygen atoms in total. The van der Waals surface area contributed by atoms with Gasteiger partial charge < -0.3 is 9.15 Å². The number of nitrogens with zero attached hydrogens (tertiary/aromatic N) is 1. The van der Waals surface area contributed by atoms with Crippen LogP contribution in [-0.4, -0.2) is 23.3 Å². The summed E-state index contributed by atoms with van der Waals surface area (Å²) in [5.74, 6) is -1.19. The largest absolute Gasteiger partial charge is 0.454 e. The van der Waals surface area contributed by atoms with Gasteiger partial charge in [-0.15, -0.1) is 0 Å². The molecule has 0 saturated heterocycles. The van der Waals surface area contributed by atoms with Gasteiger partial charge in [0, 0.05) is 23.8 Å². The predicted molar refractivity (Wildman–Crippen MR) is 82.2 cm³/mol. The summed E-state index contributed by atoms with van der Waals surface area (Å²) in [5.41, 5.74) is -0.0679. The summed E-state index contributed by atoms with van der Waals surface area (Å²) in [4.78, 5) is 45.2. The molecule has 2 rings (SSSR count). The van der Waals surface area contributed by atoms with Gasteiger partial charge in [0.25, 0.3) is 5.69 Å². The lowest BCUT2D eigenvalue weighted by Crippen LogP contribution is -2.17. The first-order valence-electron chi connectivity index (χ1n) is 6.85. The molecule has 0 aliphatic rings. The molecule has 0 saturated carbocycles. The van der Waals surface area contributed by atoms with Gasteiger partial charge in [0.15, 0.2) is 12.4 Å². The molecule has 0 aliphatic carbocycles. The summed E-state index contributed by atoms with van der Waals surface area (Å²) in [5, 5.41) is 10.6. The van der Waals surface area contributed by atoms with E-state index in [0.717, 1.165) is 6.07 Å². The van der Waals surface area contributed by atoms with Crippen LogP contribution in [0, 0.1) is 24.0 Å². The number of hydrogen-bond donors (Lipinski definition) is 0. The van der Waals surface area contributed by atoms with Crippen LogP contribution in [-0.2, 0) is 4.74 Å². The number of hydrogen-bond acceptors (Lipinski definition) is 7. The van der Waals surface area contributed by atoms with Gasteiger partial charge in [0.05, 0.1) is 4.92 Å². The van der Waals surface area contributed by atoms with Crippen molar-refractivity contribution in [1.82, 2.24) is 0 Å². The second-order valence-electron chi connectivity index (χ2n) is 4.98. The molecule has 0 amide bonds. The van der Waals surface area contributed by atoms with E-state index in [9.17, 15) is 24.5 Å². The fourth-order valence-electron chi connectivity index (χ4n) is 2.12. The van der Waals surface area contributed by atoms with Crippen LogP contribution in [0.4, 0.5) is 5.69 Å². The average molecular weight is 331 g/mol. The van der Waals surface area contributed by atoms with Crippen molar-refractivity contribution in [2.24, 2.45) is 0 Å². The van der Waals surface area contributed by atoms with Gasteiger partial charge in [-0.1, -0.05) is 0 Å². The van der Waals surface area contributed by atoms with Crippen LogP contribution in [0.5, 0.6) is 0 Å². The van der Waals surface area contributed by atoms with Crippen molar-refractivity contribution in [3.8, 4) is 0 Å². The van der Waals surface area contributed by atoms with E-state index in [4.69, 9.17) is 9.15 Å². The number of carbonyl (C=O) groups is 2. The maximum atomic E-state index is 12.1. The van der Waals surface area contributed by atoms with Crippen LogP contribution in [0.1, 0.15) is 32.0 Å². The third-order valence-electron chi connectivity index (χ3n) is 3.27. The van der Waals surface area contributed by atoms with Crippen LogP contribution >= 0.6 is 0 Å². The van der Waals surface area contributed by atoms with E-state index in [-0.39, 0.29) is 22.6 Å². The van der Waals surface area contributed by atoms with Crippen molar-refractivity contribution in [3.05, 3.63) is 73.3 Å². The molecule has 124 valence electrons. The molecule has 8 heteroatoms. The second-order valence-corrected chi connectivity index (χ2v) is 4.98. The maximum absolute atomic E-state index is 12.1. The molecule has 0 atom stereocenters. The zero-order chi connectivity index (χ0) is 17.9. The van der Waals surface area contributed by atoms with E-state index >= 15 is 0 Å². The lowest BCUT2D eigenvalue weighted by Gasteiger charge is -2.08. The lowest BCUT2D eigenvalue weighted by molar-refractivity contribution is -0.384. The predicted octanol–water partition coefficient (Wildman–Crippen LogP) is 2.20. The van der Waals surface area contributed by atoms with Crippen molar-refractivity contribution in [3.63, 3.8) is 0 Å². The molecular formula is C16H13NO7. The number of ether oxygens (including phenoxy) is 1. The standard InChI is InChI=1S/C16H13NO7/c1-9-7-14(19)24-10(2)15(9)16(20)23-8-13(18)11-3-5-12(6-4-11)17(21)22/h3-7H,8H2,1-2H3. The normalized spacial score (nSPS) is 10.2. The number of ketones is 1. The maximum Gasteiger partial charge on any atom is 0.342 e. The summed E-state index contributed by atoms with van der Waals surface area (Å²) in [7, 11) is 0. The third kappa shape index (κ3) is 3.72. The van der Waals surface area contributed by atoms with Gasteiger partial charge >= 0.3 is 11.6 Å². The molecule has 1 aromatic carbocycles. The molecule has 2 aromatic rings. The van der Waals surface area contributed by atoms with Gasteiger partial charge in [-0.05, 0) is 31.5 Å². The first kappa shape index (κ1) is 17.1. The Labute approximate surface area is 135 Å². The number of benzene rings is 1. The Morgan fingerprint density at radius 3 is 2.38 bits per heavy atom. The minimum Gasteiger partial charge on any atom is -0.454 e. The van der Waals surface area contributed by atoms with Crippen LogP contribution in [0.2, 0.25) is 0 Å².